The van der Waals surface area contributed by atoms with Gasteiger partial charge in [0.05, 0.1) is 24.4 Å². The van der Waals surface area contributed by atoms with Gasteiger partial charge in [-0.05, 0) is 139 Å². The van der Waals surface area contributed by atoms with E-state index in [0.717, 1.165) is 94.3 Å². The molecule has 0 radical (unpaired) electrons. The molecule has 0 N–H and O–H groups in total. The van der Waals surface area contributed by atoms with Crippen molar-refractivity contribution in [3.8, 4) is 0 Å². The monoisotopic (exact) mass is 594 g/mol. The number of hydrogen-bond donors (Lipinski definition) is 0. The molecule has 6 saturated carbocycles. The Balaban J connectivity index is 0.853. The summed E-state index contributed by atoms with van der Waals surface area (Å²) >= 11 is 12.9. The molecule has 6 unspecified atom stereocenters. The van der Waals surface area contributed by atoms with Crippen molar-refractivity contribution in [1.29, 1.82) is 0 Å². The van der Waals surface area contributed by atoms with Crippen LogP contribution in [0.15, 0.2) is 0 Å². The van der Waals surface area contributed by atoms with E-state index in [1.807, 2.05) is 0 Å². The highest BCUT2D eigenvalue weighted by Gasteiger charge is 2.40. The predicted octanol–water partition coefficient (Wildman–Crippen LogP) is 9.64. The maximum Gasteiger partial charge on any atom is 0.140 e. The number of ketones is 1. The Morgan fingerprint density at radius 2 is 0.925 bits per heavy atom. The van der Waals surface area contributed by atoms with Crippen LogP contribution in [-0.4, -0.2) is 41.0 Å². The number of Topliss-reactive ketones (excluding diaryl/α,β-unsaturated/α-hetero) is 1. The maximum atomic E-state index is 13.2. The van der Waals surface area contributed by atoms with Crippen molar-refractivity contribution in [3.63, 3.8) is 0 Å². The van der Waals surface area contributed by atoms with Crippen molar-refractivity contribution >= 4 is 29.0 Å². The molecule has 6 atom stereocenters. The molecule has 0 heterocycles. The fraction of sp³-hybridized carbons (Fsp3) is 0.971. The topological polar surface area (TPSA) is 35.5 Å². The van der Waals surface area contributed by atoms with E-state index in [4.69, 9.17) is 32.7 Å². The largest absolute Gasteiger partial charge is 0.375 e. The number of carbonyl (C=O) groups is 1. The van der Waals surface area contributed by atoms with Crippen LogP contribution in [0.1, 0.15) is 141 Å². The van der Waals surface area contributed by atoms with E-state index in [2.05, 4.69) is 0 Å². The van der Waals surface area contributed by atoms with E-state index in [-0.39, 0.29) is 22.6 Å². The van der Waals surface area contributed by atoms with E-state index in [1.165, 1.54) is 64.2 Å². The summed E-state index contributed by atoms with van der Waals surface area (Å²) < 4.78 is 13.3. The molecule has 0 saturated heterocycles. The summed E-state index contributed by atoms with van der Waals surface area (Å²) in [7, 11) is 0. The summed E-state index contributed by atoms with van der Waals surface area (Å²) in [5.74, 6) is 4.64. The third-order valence-electron chi connectivity index (χ3n) is 12.5. The zero-order valence-corrected chi connectivity index (χ0v) is 26.5. The van der Waals surface area contributed by atoms with Gasteiger partial charge in [0.25, 0.3) is 0 Å². The predicted molar refractivity (Wildman–Crippen MR) is 164 cm³/mol. The van der Waals surface area contributed by atoms with Crippen molar-refractivity contribution < 1.29 is 14.3 Å². The third kappa shape index (κ3) is 7.62. The first-order chi connectivity index (χ1) is 19.5. The fourth-order valence-electron chi connectivity index (χ4n) is 10.0. The molecule has 0 aliphatic heterocycles. The Bertz CT molecular complexity index is 796. The second-order valence-electron chi connectivity index (χ2n) is 15.0. The van der Waals surface area contributed by atoms with Gasteiger partial charge in [-0.2, -0.15) is 0 Å². The number of fused-ring (bicyclic) bond motifs is 1. The molecule has 0 aromatic carbocycles. The molecule has 5 heteroatoms. The molecule has 6 rings (SSSR count). The molecule has 6 aliphatic carbocycles. The van der Waals surface area contributed by atoms with Gasteiger partial charge in [0.15, 0.2) is 0 Å². The van der Waals surface area contributed by atoms with Crippen LogP contribution in [0, 0.1) is 35.5 Å². The summed E-state index contributed by atoms with van der Waals surface area (Å²) in [6.45, 7) is 0. The maximum absolute atomic E-state index is 13.2. The molecule has 0 amide bonds. The van der Waals surface area contributed by atoms with Gasteiger partial charge in [-0.1, -0.05) is 25.7 Å². The standard InChI is InChI=1S/C35H56Cl2O3/c36-28-11-20-34(37)33(22-28)35(38)25-9-14-30(15-10-25)40-32-18-16-31(17-19-32)39-29-12-7-24(8-13-29)27-6-5-23-3-1-2-4-26(23)21-27/h23-34H,1-22H2. The molecule has 40 heavy (non-hydrogen) atoms. The van der Waals surface area contributed by atoms with Gasteiger partial charge >= 0.3 is 0 Å². The zero-order valence-electron chi connectivity index (χ0n) is 25.0. The minimum Gasteiger partial charge on any atom is -0.375 e. The van der Waals surface area contributed by atoms with Crippen LogP contribution in [0.5, 0.6) is 0 Å². The van der Waals surface area contributed by atoms with Crippen LogP contribution >= 0.6 is 23.2 Å². The quantitative estimate of drug-likeness (QED) is 0.275. The Labute approximate surface area is 254 Å². The van der Waals surface area contributed by atoms with Gasteiger partial charge in [-0.15, -0.1) is 23.2 Å². The first kappa shape index (κ1) is 30.2. The van der Waals surface area contributed by atoms with Crippen molar-refractivity contribution in [1.82, 2.24) is 0 Å². The van der Waals surface area contributed by atoms with Crippen molar-refractivity contribution in [2.24, 2.45) is 35.5 Å². The number of hydrogen-bond acceptors (Lipinski definition) is 3. The lowest BCUT2D eigenvalue weighted by Gasteiger charge is -2.44. The highest BCUT2D eigenvalue weighted by molar-refractivity contribution is 6.24. The first-order valence-corrected chi connectivity index (χ1v) is 18.5. The number of carbonyl (C=O) groups excluding carboxylic acids is 1. The van der Waals surface area contributed by atoms with E-state index in [0.29, 0.717) is 30.2 Å². The van der Waals surface area contributed by atoms with E-state index < -0.39 is 0 Å². The van der Waals surface area contributed by atoms with Crippen LogP contribution < -0.4 is 0 Å². The van der Waals surface area contributed by atoms with Crippen molar-refractivity contribution in [3.05, 3.63) is 0 Å². The summed E-state index contributed by atoms with van der Waals surface area (Å²) in [6, 6.07) is 0. The Kier molecular flexibility index (Phi) is 10.8. The average molecular weight is 596 g/mol. The highest BCUT2D eigenvalue weighted by Crippen LogP contribution is 2.48. The minimum absolute atomic E-state index is 0.0230. The molecule has 0 bridgehead atoms. The minimum atomic E-state index is -0.0396. The van der Waals surface area contributed by atoms with Crippen molar-refractivity contribution in [2.75, 3.05) is 0 Å². The number of alkyl halides is 2. The Morgan fingerprint density at radius 3 is 1.55 bits per heavy atom. The summed E-state index contributed by atoms with van der Waals surface area (Å²) in [5.41, 5.74) is 0. The second-order valence-corrected chi connectivity index (χ2v) is 16.2. The lowest BCUT2D eigenvalue weighted by molar-refractivity contribution is -0.131. The third-order valence-corrected chi connectivity index (χ3v) is 13.4. The number of ether oxygens (including phenoxy) is 2. The summed E-state index contributed by atoms with van der Waals surface area (Å²) in [4.78, 5) is 13.2. The molecule has 3 nitrogen and oxygen atoms in total. The first-order valence-electron chi connectivity index (χ1n) is 17.6. The smallest absolute Gasteiger partial charge is 0.140 e. The fourth-order valence-corrected chi connectivity index (χ4v) is 10.7. The summed E-state index contributed by atoms with van der Waals surface area (Å²) in [5, 5.41) is 0.0916. The Hall–Kier alpha value is 0.170. The molecule has 6 aliphatic rings. The van der Waals surface area contributed by atoms with Crippen LogP contribution in [0.25, 0.3) is 0 Å². The van der Waals surface area contributed by atoms with Gasteiger partial charge < -0.3 is 9.47 Å². The van der Waals surface area contributed by atoms with Crippen LogP contribution in [0.3, 0.4) is 0 Å². The summed E-state index contributed by atoms with van der Waals surface area (Å²) in [6.07, 6.45) is 28.8. The van der Waals surface area contributed by atoms with Gasteiger partial charge in [0, 0.05) is 22.6 Å². The SMILES string of the molecule is O=C(C1CCC(OC2CCC(OC3CCC(C4CCC5CCCCC5C4)CC3)CC2)CC1)C1CC(Cl)CCC1Cl. The van der Waals surface area contributed by atoms with E-state index in [1.54, 1.807) is 6.42 Å². The normalized spacial score (nSPS) is 46.9. The van der Waals surface area contributed by atoms with Crippen molar-refractivity contribution in [2.45, 2.75) is 176 Å². The molecule has 0 aromatic heterocycles. The molecule has 228 valence electrons. The lowest BCUT2D eigenvalue weighted by atomic mass is 9.63. The highest BCUT2D eigenvalue weighted by atomic mass is 35.5. The van der Waals surface area contributed by atoms with Gasteiger partial charge in [0.1, 0.15) is 5.78 Å². The van der Waals surface area contributed by atoms with Crippen LogP contribution in [-0.2, 0) is 14.3 Å². The van der Waals surface area contributed by atoms with Crippen LogP contribution in [0.4, 0.5) is 0 Å². The molecular weight excluding hydrogens is 539 g/mol. The molecular formula is C35H56Cl2O3. The van der Waals surface area contributed by atoms with Crippen LogP contribution in [0.2, 0.25) is 0 Å². The average Bonchev–Trinajstić information content (AvgIpc) is 2.99. The molecule has 0 aromatic rings. The van der Waals surface area contributed by atoms with E-state index >= 15 is 0 Å². The van der Waals surface area contributed by atoms with E-state index in [9.17, 15) is 4.79 Å². The second kappa shape index (κ2) is 14.3. The number of halogens is 2. The van der Waals surface area contributed by atoms with Gasteiger partial charge in [-0.3, -0.25) is 4.79 Å². The zero-order chi connectivity index (χ0) is 27.5. The number of rotatable bonds is 7. The molecule has 0 spiro atoms. The molecule has 6 fully saturated rings. The Morgan fingerprint density at radius 1 is 0.475 bits per heavy atom. The lowest BCUT2D eigenvalue weighted by Crippen LogP contribution is -2.39. The van der Waals surface area contributed by atoms with Gasteiger partial charge in [-0.25, -0.2) is 0 Å². The van der Waals surface area contributed by atoms with Gasteiger partial charge in [0.2, 0.25) is 0 Å².